The molecule has 10 heteroatoms. The number of benzene rings is 1. The molecule has 3 N–H and O–H groups in total. The van der Waals surface area contributed by atoms with E-state index in [4.69, 9.17) is 0 Å². The number of likely N-dealkylation sites (tertiary alicyclic amines) is 1. The molecule has 0 bridgehead atoms. The van der Waals surface area contributed by atoms with Crippen LogP contribution >= 0.6 is 0 Å². The highest BCUT2D eigenvalue weighted by Gasteiger charge is 2.38. The van der Waals surface area contributed by atoms with Gasteiger partial charge in [-0.3, -0.25) is 19.5 Å². The van der Waals surface area contributed by atoms with Crippen LogP contribution in [0.5, 0.6) is 0 Å². The second kappa shape index (κ2) is 10.6. The number of hydrogen-bond donors (Lipinski definition) is 3. The van der Waals surface area contributed by atoms with Gasteiger partial charge in [-0.25, -0.2) is 0 Å². The number of nitrogens with zero attached hydrogens (tertiary/aromatic N) is 2. The Balaban J connectivity index is 1.21. The Morgan fingerprint density at radius 2 is 1.92 bits per heavy atom. The fourth-order valence-electron chi connectivity index (χ4n) is 5.09. The normalized spacial score (nSPS) is 24.9. The van der Waals surface area contributed by atoms with Crippen LogP contribution in [0.25, 0.3) is 0 Å². The van der Waals surface area contributed by atoms with Crippen molar-refractivity contribution in [3.05, 3.63) is 65.0 Å². The molecule has 1 saturated heterocycles. The van der Waals surface area contributed by atoms with Gasteiger partial charge in [0.25, 0.3) is 5.91 Å². The number of carbonyl (C=O) groups excluding carboxylic acids is 2. The third-order valence-electron chi connectivity index (χ3n) is 7.19. The molecule has 2 aromatic rings. The summed E-state index contributed by atoms with van der Waals surface area (Å²) in [6.07, 6.45) is 0.973. The Bertz CT molecular complexity index is 1080. The minimum absolute atomic E-state index is 0.0648. The van der Waals surface area contributed by atoms with Crippen molar-refractivity contribution in [3.63, 3.8) is 0 Å². The summed E-state index contributed by atoms with van der Waals surface area (Å²) < 4.78 is 38.6. The number of pyridine rings is 1. The zero-order valence-corrected chi connectivity index (χ0v) is 20.1. The quantitative estimate of drug-likeness (QED) is 0.562. The first kappa shape index (κ1) is 26.1. The van der Waals surface area contributed by atoms with E-state index in [1.165, 1.54) is 6.07 Å². The lowest BCUT2D eigenvalue weighted by molar-refractivity contribution is -0.137. The molecule has 2 heterocycles. The van der Waals surface area contributed by atoms with Gasteiger partial charge in [-0.2, -0.15) is 13.2 Å². The Hall–Kier alpha value is -2.98. The lowest BCUT2D eigenvalue weighted by Crippen LogP contribution is -2.45. The summed E-state index contributed by atoms with van der Waals surface area (Å²) in [6.45, 7) is 3.11. The molecule has 2 fully saturated rings. The van der Waals surface area contributed by atoms with Gasteiger partial charge in [0.05, 0.1) is 17.7 Å². The van der Waals surface area contributed by atoms with Crippen molar-refractivity contribution < 1.29 is 27.9 Å². The van der Waals surface area contributed by atoms with Gasteiger partial charge in [0.15, 0.2) is 0 Å². The average molecular weight is 505 g/mol. The smallest absolute Gasteiger partial charge is 0.385 e. The standard InChI is InChI=1S/C26H31F3N4O3/c1-17-5-6-20(14-30-17)25(36)10-7-22(8-11-25)33-12-9-21(16-33)32-23(34)15-31-24(35)18-3-2-4-19(13-18)26(27,28)29/h2-6,13-14,21-22,36H,7-12,15-16H2,1H3,(H,31,35)(H,32,34)/t21-,22?,25?/m1/s1. The highest BCUT2D eigenvalue weighted by Crippen LogP contribution is 2.39. The van der Waals surface area contributed by atoms with E-state index in [0.717, 1.165) is 55.3 Å². The Labute approximate surface area is 208 Å². The van der Waals surface area contributed by atoms with Gasteiger partial charge in [0, 0.05) is 48.2 Å². The van der Waals surface area contributed by atoms with Gasteiger partial charge in [-0.05, 0) is 63.3 Å². The number of aliphatic hydroxyl groups is 1. The zero-order chi connectivity index (χ0) is 25.9. The Morgan fingerprint density at radius 1 is 1.17 bits per heavy atom. The molecule has 1 atom stereocenters. The van der Waals surface area contributed by atoms with Crippen LogP contribution in [0, 0.1) is 6.92 Å². The highest BCUT2D eigenvalue weighted by molar-refractivity contribution is 5.96. The third kappa shape index (κ3) is 6.22. The highest BCUT2D eigenvalue weighted by atomic mass is 19.4. The van der Waals surface area contributed by atoms with Gasteiger partial charge in [0.2, 0.25) is 5.91 Å². The molecule has 4 rings (SSSR count). The fraction of sp³-hybridized carbons (Fsp3) is 0.500. The second-order valence-corrected chi connectivity index (χ2v) is 9.76. The molecule has 36 heavy (non-hydrogen) atoms. The predicted molar refractivity (Wildman–Crippen MR) is 127 cm³/mol. The molecule has 1 aromatic carbocycles. The van der Waals surface area contributed by atoms with E-state index in [2.05, 4.69) is 20.5 Å². The van der Waals surface area contributed by atoms with Gasteiger partial charge in [0.1, 0.15) is 0 Å². The number of rotatable bonds is 6. The summed E-state index contributed by atoms with van der Waals surface area (Å²) in [5.74, 6) is -1.12. The first-order valence-electron chi connectivity index (χ1n) is 12.2. The van der Waals surface area contributed by atoms with Crippen molar-refractivity contribution in [1.29, 1.82) is 0 Å². The van der Waals surface area contributed by atoms with Crippen LogP contribution in [-0.2, 0) is 16.6 Å². The van der Waals surface area contributed by atoms with E-state index in [-0.39, 0.29) is 24.1 Å². The van der Waals surface area contributed by atoms with Crippen LogP contribution in [-0.4, -0.2) is 58.5 Å². The van der Waals surface area contributed by atoms with Crippen LogP contribution in [0.3, 0.4) is 0 Å². The van der Waals surface area contributed by atoms with Gasteiger partial charge >= 0.3 is 6.18 Å². The summed E-state index contributed by atoms with van der Waals surface area (Å²) in [4.78, 5) is 31.2. The van der Waals surface area contributed by atoms with Crippen molar-refractivity contribution in [3.8, 4) is 0 Å². The maximum atomic E-state index is 12.9. The van der Waals surface area contributed by atoms with Gasteiger partial charge in [-0.1, -0.05) is 12.1 Å². The zero-order valence-electron chi connectivity index (χ0n) is 20.1. The SMILES string of the molecule is Cc1ccc(C2(O)CCC(N3CC[C@@H](NC(=O)CNC(=O)c4cccc(C(F)(F)F)c4)C3)CC2)cn1. The molecule has 0 spiro atoms. The lowest BCUT2D eigenvalue weighted by atomic mass is 9.78. The van der Waals surface area contributed by atoms with Crippen molar-refractivity contribution in [2.24, 2.45) is 0 Å². The summed E-state index contributed by atoms with van der Waals surface area (Å²) in [5, 5.41) is 16.4. The van der Waals surface area contributed by atoms with Crippen LogP contribution < -0.4 is 10.6 Å². The first-order valence-corrected chi connectivity index (χ1v) is 12.2. The molecule has 0 unspecified atom stereocenters. The summed E-state index contributed by atoms with van der Waals surface area (Å²) in [7, 11) is 0. The average Bonchev–Trinajstić information content (AvgIpc) is 3.31. The monoisotopic (exact) mass is 504 g/mol. The molecule has 0 radical (unpaired) electrons. The van der Waals surface area contributed by atoms with Gasteiger partial charge in [-0.15, -0.1) is 0 Å². The number of hydrogen-bond acceptors (Lipinski definition) is 5. The molecule has 2 amide bonds. The third-order valence-corrected chi connectivity index (χ3v) is 7.19. The molecule has 194 valence electrons. The molecule has 1 aromatic heterocycles. The number of aromatic nitrogens is 1. The summed E-state index contributed by atoms with van der Waals surface area (Å²) >= 11 is 0. The minimum atomic E-state index is -4.54. The molecule has 1 aliphatic heterocycles. The van der Waals surface area contributed by atoms with E-state index in [1.54, 1.807) is 6.20 Å². The largest absolute Gasteiger partial charge is 0.416 e. The second-order valence-electron chi connectivity index (χ2n) is 9.76. The van der Waals surface area contributed by atoms with Crippen LogP contribution in [0.15, 0.2) is 42.6 Å². The molecule has 2 aliphatic rings. The van der Waals surface area contributed by atoms with E-state index in [0.29, 0.717) is 25.4 Å². The van der Waals surface area contributed by atoms with E-state index in [9.17, 15) is 27.9 Å². The predicted octanol–water partition coefficient (Wildman–Crippen LogP) is 3.16. The molecule has 7 nitrogen and oxygen atoms in total. The Morgan fingerprint density at radius 3 is 2.58 bits per heavy atom. The van der Waals surface area contributed by atoms with Crippen molar-refractivity contribution >= 4 is 11.8 Å². The number of halogens is 3. The van der Waals surface area contributed by atoms with E-state index in [1.807, 2.05) is 19.1 Å². The molecule has 1 aliphatic carbocycles. The van der Waals surface area contributed by atoms with Crippen LogP contribution in [0.4, 0.5) is 13.2 Å². The Kier molecular flexibility index (Phi) is 7.65. The number of amides is 2. The van der Waals surface area contributed by atoms with E-state index >= 15 is 0 Å². The summed E-state index contributed by atoms with van der Waals surface area (Å²) in [5.41, 5.74) is -0.157. The van der Waals surface area contributed by atoms with Crippen LogP contribution in [0.2, 0.25) is 0 Å². The minimum Gasteiger partial charge on any atom is -0.385 e. The maximum Gasteiger partial charge on any atom is 0.416 e. The first-order chi connectivity index (χ1) is 17.0. The maximum absolute atomic E-state index is 12.9. The number of aryl methyl sites for hydroxylation is 1. The summed E-state index contributed by atoms with van der Waals surface area (Å²) in [6, 6.07) is 8.21. The molecule has 1 saturated carbocycles. The lowest BCUT2D eigenvalue weighted by Gasteiger charge is -2.39. The topological polar surface area (TPSA) is 94.6 Å². The number of nitrogens with one attached hydrogen (secondary N) is 2. The van der Waals surface area contributed by atoms with Crippen molar-refractivity contribution in [1.82, 2.24) is 20.5 Å². The van der Waals surface area contributed by atoms with E-state index < -0.39 is 23.2 Å². The molecular weight excluding hydrogens is 473 g/mol. The molecular formula is C26H31F3N4O3. The fourth-order valence-corrected chi connectivity index (χ4v) is 5.09. The van der Waals surface area contributed by atoms with Crippen LogP contribution in [0.1, 0.15) is 59.3 Å². The number of carbonyl (C=O) groups is 2. The van der Waals surface area contributed by atoms with Crippen molar-refractivity contribution in [2.45, 2.75) is 62.9 Å². The van der Waals surface area contributed by atoms with Crippen molar-refractivity contribution in [2.75, 3.05) is 19.6 Å². The van der Waals surface area contributed by atoms with Gasteiger partial charge < -0.3 is 15.7 Å². The number of alkyl halides is 3.